The first-order valence-corrected chi connectivity index (χ1v) is 17.2. The summed E-state index contributed by atoms with van der Waals surface area (Å²) >= 11 is 0. The van der Waals surface area contributed by atoms with Crippen molar-refractivity contribution in [2.45, 2.75) is 37.1 Å². The molecule has 53 heavy (non-hydrogen) atoms. The molecule has 7 N–H and O–H groups in total. The van der Waals surface area contributed by atoms with Crippen molar-refractivity contribution in [2.24, 2.45) is 0 Å². The zero-order chi connectivity index (χ0) is 37.5. The number of carboxylic acid groups (broad SMARTS) is 1. The largest absolute Gasteiger partial charge is 0.506 e. The molecular formula is C40H40N4O9. The SMILES string of the molecule is O=C(COc1cccc(C(O)(C(=O)O)c2ccccc2)c1)N[C@H]1CCCN(C(=O)c2ccc(CNCC(O)c3ccc(O)c4[nH]c(=O)ccc34)cc2)C1. The van der Waals surface area contributed by atoms with Crippen LogP contribution in [0.4, 0.5) is 0 Å². The molecule has 0 aliphatic carbocycles. The van der Waals surface area contributed by atoms with Gasteiger partial charge >= 0.3 is 5.97 Å². The van der Waals surface area contributed by atoms with Gasteiger partial charge in [0.25, 0.3) is 11.8 Å². The smallest absolute Gasteiger partial charge is 0.345 e. The molecule has 13 heteroatoms. The number of phenols is 1. The number of phenolic OH excluding ortho intramolecular Hbond substituents is 1. The number of hydrogen-bond acceptors (Lipinski definition) is 9. The molecule has 5 aromatic rings. The van der Waals surface area contributed by atoms with E-state index in [9.17, 15) is 39.6 Å². The Morgan fingerprint density at radius 2 is 1.70 bits per heavy atom. The predicted octanol–water partition coefficient (Wildman–Crippen LogP) is 3.18. The molecule has 6 rings (SSSR count). The molecule has 2 heterocycles. The number of rotatable bonds is 13. The number of nitrogens with zero attached hydrogens (tertiary/aromatic N) is 1. The van der Waals surface area contributed by atoms with Gasteiger partial charge in [0.2, 0.25) is 11.2 Å². The Labute approximate surface area is 304 Å². The van der Waals surface area contributed by atoms with E-state index in [2.05, 4.69) is 15.6 Å². The number of carbonyl (C=O) groups is 3. The monoisotopic (exact) mass is 720 g/mol. The van der Waals surface area contributed by atoms with Gasteiger partial charge < -0.3 is 45.7 Å². The molecule has 2 unspecified atom stereocenters. The number of aliphatic hydroxyl groups excluding tert-OH is 1. The summed E-state index contributed by atoms with van der Waals surface area (Å²) < 4.78 is 5.67. The number of H-pyrrole nitrogens is 1. The maximum Gasteiger partial charge on any atom is 0.345 e. The third-order valence-electron chi connectivity index (χ3n) is 9.33. The van der Waals surface area contributed by atoms with E-state index >= 15 is 0 Å². The van der Waals surface area contributed by atoms with Gasteiger partial charge in [0.05, 0.1) is 11.6 Å². The number of ether oxygens (including phenoxy) is 1. The first-order valence-electron chi connectivity index (χ1n) is 17.2. The molecule has 1 aliphatic heterocycles. The summed E-state index contributed by atoms with van der Waals surface area (Å²) in [6, 6.07) is 26.8. The van der Waals surface area contributed by atoms with Crippen LogP contribution >= 0.6 is 0 Å². The second kappa shape index (κ2) is 16.1. The van der Waals surface area contributed by atoms with Crippen LogP contribution in [-0.4, -0.2) is 80.4 Å². The van der Waals surface area contributed by atoms with E-state index < -0.39 is 23.6 Å². The normalized spacial score (nSPS) is 16.0. The van der Waals surface area contributed by atoms with Gasteiger partial charge in [-0.1, -0.05) is 60.7 Å². The standard InChI is InChI=1S/C40H40N4O9/c45-33-17-15-31(32-16-18-35(47)43-37(32)33)34(46)22-41-21-25-11-13-26(14-12-25)38(49)44-19-5-9-29(23-44)42-36(48)24-53-30-10-4-8-28(20-30)40(52,39(50)51)27-6-2-1-3-7-27/h1-4,6-8,10-18,20,29,34,41,45-46,52H,5,9,19,21-24H2,(H,42,48)(H,43,47)(H,50,51)/t29-,34?,40?/m0/s1. The van der Waals surface area contributed by atoms with Crippen molar-refractivity contribution in [1.82, 2.24) is 20.5 Å². The Balaban J connectivity index is 0.982. The van der Waals surface area contributed by atoms with E-state index in [0.717, 1.165) is 5.56 Å². The number of aliphatic carboxylic acids is 1. The van der Waals surface area contributed by atoms with Gasteiger partial charge in [0.15, 0.2) is 6.61 Å². The highest BCUT2D eigenvalue weighted by Crippen LogP contribution is 2.32. The van der Waals surface area contributed by atoms with Crippen molar-refractivity contribution in [2.75, 3.05) is 26.2 Å². The first-order chi connectivity index (χ1) is 25.5. The molecular weight excluding hydrogens is 680 g/mol. The number of benzene rings is 4. The summed E-state index contributed by atoms with van der Waals surface area (Å²) in [5.74, 6) is -1.87. The van der Waals surface area contributed by atoms with Gasteiger partial charge in [-0.15, -0.1) is 0 Å². The van der Waals surface area contributed by atoms with Crippen LogP contribution in [0.25, 0.3) is 10.9 Å². The fourth-order valence-corrected chi connectivity index (χ4v) is 6.56. The quantitative estimate of drug-likeness (QED) is 0.0948. The van der Waals surface area contributed by atoms with E-state index in [-0.39, 0.29) is 58.8 Å². The van der Waals surface area contributed by atoms with E-state index in [1.54, 1.807) is 59.5 Å². The lowest BCUT2D eigenvalue weighted by atomic mass is 9.86. The van der Waals surface area contributed by atoms with Gasteiger partial charge in [-0.2, -0.15) is 0 Å². The zero-order valence-corrected chi connectivity index (χ0v) is 28.7. The molecule has 0 radical (unpaired) electrons. The summed E-state index contributed by atoms with van der Waals surface area (Å²) in [7, 11) is 0. The minimum atomic E-state index is -2.31. The zero-order valence-electron chi connectivity index (χ0n) is 28.7. The van der Waals surface area contributed by atoms with Crippen LogP contribution < -0.4 is 20.9 Å². The minimum absolute atomic E-state index is 0.0782. The van der Waals surface area contributed by atoms with Gasteiger partial charge in [-0.3, -0.25) is 14.4 Å². The van der Waals surface area contributed by atoms with Crippen molar-refractivity contribution in [3.05, 3.63) is 141 Å². The molecule has 1 aliphatic rings. The maximum absolute atomic E-state index is 13.4. The number of likely N-dealkylation sites (tertiary alicyclic amines) is 1. The minimum Gasteiger partial charge on any atom is -0.506 e. The third-order valence-corrected chi connectivity index (χ3v) is 9.33. The van der Waals surface area contributed by atoms with Crippen molar-refractivity contribution >= 4 is 28.7 Å². The number of hydrogen-bond donors (Lipinski definition) is 7. The molecule has 4 aromatic carbocycles. The van der Waals surface area contributed by atoms with E-state index in [1.807, 2.05) is 12.1 Å². The van der Waals surface area contributed by atoms with Crippen LogP contribution in [0.15, 0.2) is 108 Å². The molecule has 0 bridgehead atoms. The molecule has 274 valence electrons. The number of piperidine rings is 1. The lowest BCUT2D eigenvalue weighted by molar-refractivity contribution is -0.155. The topological polar surface area (TPSA) is 202 Å². The number of carbonyl (C=O) groups excluding carboxylic acids is 2. The van der Waals surface area contributed by atoms with Crippen LogP contribution in [0, 0.1) is 0 Å². The van der Waals surface area contributed by atoms with Crippen molar-refractivity contribution in [3.8, 4) is 11.5 Å². The number of pyridine rings is 1. The fraction of sp³-hybridized carbons (Fsp3) is 0.250. The Kier molecular flexibility index (Phi) is 11.2. The highest BCUT2D eigenvalue weighted by Gasteiger charge is 2.40. The number of aliphatic hydroxyl groups is 2. The second-order valence-corrected chi connectivity index (χ2v) is 13.0. The first kappa shape index (κ1) is 36.8. The Hall–Kier alpha value is -6.02. The number of carboxylic acids is 1. The van der Waals surface area contributed by atoms with Crippen LogP contribution in [0.3, 0.4) is 0 Å². The molecule has 2 amide bonds. The number of aromatic nitrogens is 1. The van der Waals surface area contributed by atoms with E-state index in [0.29, 0.717) is 49.0 Å². The lowest BCUT2D eigenvalue weighted by Crippen LogP contribution is -2.50. The number of amides is 2. The fourth-order valence-electron chi connectivity index (χ4n) is 6.56. The molecule has 3 atom stereocenters. The van der Waals surface area contributed by atoms with Gasteiger partial charge in [-0.25, -0.2) is 4.79 Å². The molecule has 1 aromatic heterocycles. The van der Waals surface area contributed by atoms with Gasteiger partial charge in [0, 0.05) is 54.8 Å². The molecule has 0 spiro atoms. The third kappa shape index (κ3) is 8.39. The summed E-state index contributed by atoms with van der Waals surface area (Å²) in [6.45, 7) is 1.16. The lowest BCUT2D eigenvalue weighted by Gasteiger charge is -2.33. The number of aromatic hydroxyl groups is 1. The Morgan fingerprint density at radius 3 is 2.45 bits per heavy atom. The van der Waals surface area contributed by atoms with Crippen LogP contribution in [0.1, 0.15) is 51.6 Å². The second-order valence-electron chi connectivity index (χ2n) is 13.0. The van der Waals surface area contributed by atoms with Crippen molar-refractivity contribution in [1.29, 1.82) is 0 Å². The van der Waals surface area contributed by atoms with Crippen LogP contribution in [0.2, 0.25) is 0 Å². The number of nitrogens with one attached hydrogen (secondary N) is 3. The van der Waals surface area contributed by atoms with Crippen molar-refractivity contribution < 1.29 is 39.5 Å². The molecule has 1 saturated heterocycles. The van der Waals surface area contributed by atoms with Crippen molar-refractivity contribution in [3.63, 3.8) is 0 Å². The average molecular weight is 721 g/mol. The average Bonchev–Trinajstić information content (AvgIpc) is 3.17. The molecule has 0 saturated carbocycles. The summed E-state index contributed by atoms with van der Waals surface area (Å²) in [6.07, 6.45) is 0.478. The van der Waals surface area contributed by atoms with E-state index in [1.165, 1.54) is 36.4 Å². The van der Waals surface area contributed by atoms with Gasteiger partial charge in [-0.05, 0) is 65.9 Å². The van der Waals surface area contributed by atoms with Crippen LogP contribution in [0.5, 0.6) is 11.5 Å². The van der Waals surface area contributed by atoms with Gasteiger partial charge in [0.1, 0.15) is 11.5 Å². The molecule has 1 fully saturated rings. The van der Waals surface area contributed by atoms with E-state index in [4.69, 9.17) is 4.74 Å². The summed E-state index contributed by atoms with van der Waals surface area (Å²) in [5.41, 5.74) is -0.165. The maximum atomic E-state index is 13.4. The number of fused-ring (bicyclic) bond motifs is 1. The predicted molar refractivity (Wildman–Crippen MR) is 195 cm³/mol. The Morgan fingerprint density at radius 1 is 0.943 bits per heavy atom. The number of aromatic amines is 1. The van der Waals surface area contributed by atoms with Crippen LogP contribution in [-0.2, 0) is 21.7 Å². The Bertz CT molecular complexity index is 2160. The highest BCUT2D eigenvalue weighted by atomic mass is 16.5. The summed E-state index contributed by atoms with van der Waals surface area (Å²) in [5, 5.41) is 48.6. The summed E-state index contributed by atoms with van der Waals surface area (Å²) in [4.78, 5) is 54.3. The molecule has 13 nitrogen and oxygen atoms in total. The highest BCUT2D eigenvalue weighted by molar-refractivity contribution is 5.94.